The van der Waals surface area contributed by atoms with Gasteiger partial charge in [-0.25, -0.2) is 9.97 Å². The van der Waals surface area contributed by atoms with Crippen LogP contribution < -0.4 is 0 Å². The number of carbonyl (C=O) groups is 1. The Morgan fingerprint density at radius 3 is 2.57 bits per heavy atom. The lowest BCUT2D eigenvalue weighted by Gasteiger charge is -2.18. The Hall–Kier alpha value is -1.92. The number of nitrogens with zero attached hydrogens (tertiary/aromatic N) is 2. The van der Waals surface area contributed by atoms with Gasteiger partial charge < -0.3 is 5.11 Å². The summed E-state index contributed by atoms with van der Waals surface area (Å²) in [5.74, 6) is -0.203. The minimum Gasteiger partial charge on any atom is -0.480 e. The molecule has 4 nitrogen and oxygen atoms in total. The van der Waals surface area contributed by atoms with Crippen LogP contribution in [0.3, 0.4) is 0 Å². The average Bonchev–Trinajstić information content (AvgIpc) is 2.91. The smallest absolute Gasteiger partial charge is 0.319 e. The highest BCUT2D eigenvalue weighted by molar-refractivity contribution is 8.01. The first-order chi connectivity index (χ1) is 10.9. The number of rotatable bonds is 4. The molecule has 0 amide bonds. The molecule has 0 atom stereocenters. The van der Waals surface area contributed by atoms with Gasteiger partial charge in [-0.3, -0.25) is 4.79 Å². The SMILES string of the molecule is Cc1nc(SC(C)(C)C(=O)O)c2c(-c3ccccc3)csc2n1. The summed E-state index contributed by atoms with van der Waals surface area (Å²) >= 11 is 2.83. The number of aromatic nitrogens is 2. The minimum atomic E-state index is -0.955. The van der Waals surface area contributed by atoms with Crippen LogP contribution in [0.5, 0.6) is 0 Å². The summed E-state index contributed by atoms with van der Waals surface area (Å²) in [6.07, 6.45) is 0. The predicted octanol–water partition coefficient (Wildman–Crippen LogP) is 4.62. The molecule has 0 fully saturated rings. The molecule has 0 aliphatic heterocycles. The van der Waals surface area contributed by atoms with E-state index >= 15 is 0 Å². The molecular formula is C17H16N2O2S2. The minimum absolute atomic E-state index is 0.655. The Kier molecular flexibility index (Phi) is 4.12. The molecule has 3 rings (SSSR count). The van der Waals surface area contributed by atoms with Crippen molar-refractivity contribution in [1.82, 2.24) is 9.97 Å². The summed E-state index contributed by atoms with van der Waals surface area (Å²) in [5.41, 5.74) is 2.13. The lowest BCUT2D eigenvalue weighted by molar-refractivity contribution is -0.138. The highest BCUT2D eigenvalue weighted by Gasteiger charge is 2.31. The van der Waals surface area contributed by atoms with E-state index in [-0.39, 0.29) is 0 Å². The molecule has 1 N–H and O–H groups in total. The van der Waals surface area contributed by atoms with Crippen molar-refractivity contribution in [1.29, 1.82) is 0 Å². The van der Waals surface area contributed by atoms with Gasteiger partial charge in [-0.15, -0.1) is 11.3 Å². The molecular weight excluding hydrogens is 328 g/mol. The number of hydrogen-bond acceptors (Lipinski definition) is 5. The number of aliphatic carboxylic acids is 1. The van der Waals surface area contributed by atoms with E-state index in [0.29, 0.717) is 5.82 Å². The van der Waals surface area contributed by atoms with Crippen LogP contribution in [-0.4, -0.2) is 25.8 Å². The number of aryl methyl sites for hydroxylation is 1. The summed E-state index contributed by atoms with van der Waals surface area (Å²) in [6, 6.07) is 10.0. The first-order valence-corrected chi connectivity index (χ1v) is 8.82. The molecule has 0 aliphatic carbocycles. The number of fused-ring (bicyclic) bond motifs is 1. The maximum atomic E-state index is 11.5. The van der Waals surface area contributed by atoms with Crippen LogP contribution in [0.15, 0.2) is 40.7 Å². The van der Waals surface area contributed by atoms with E-state index < -0.39 is 10.7 Å². The van der Waals surface area contributed by atoms with Gasteiger partial charge in [0.25, 0.3) is 0 Å². The number of thiophene rings is 1. The van der Waals surface area contributed by atoms with Gasteiger partial charge in [0, 0.05) is 10.9 Å². The van der Waals surface area contributed by atoms with Gasteiger partial charge in [-0.05, 0) is 26.3 Å². The quantitative estimate of drug-likeness (QED) is 0.552. The summed E-state index contributed by atoms with van der Waals surface area (Å²) in [4.78, 5) is 21.4. The van der Waals surface area contributed by atoms with Gasteiger partial charge in [-0.2, -0.15) is 0 Å². The zero-order chi connectivity index (χ0) is 16.6. The van der Waals surface area contributed by atoms with E-state index in [9.17, 15) is 9.90 Å². The topological polar surface area (TPSA) is 63.1 Å². The van der Waals surface area contributed by atoms with Crippen molar-refractivity contribution in [2.75, 3.05) is 0 Å². The zero-order valence-corrected chi connectivity index (χ0v) is 14.7. The number of thioether (sulfide) groups is 1. The lowest BCUT2D eigenvalue weighted by Crippen LogP contribution is -2.27. The third-order valence-corrected chi connectivity index (χ3v) is 5.51. The van der Waals surface area contributed by atoms with Crippen molar-refractivity contribution in [2.24, 2.45) is 0 Å². The van der Waals surface area contributed by atoms with Crippen LogP contribution >= 0.6 is 23.1 Å². The Morgan fingerprint density at radius 2 is 1.91 bits per heavy atom. The van der Waals surface area contributed by atoms with E-state index in [1.165, 1.54) is 11.8 Å². The van der Waals surface area contributed by atoms with E-state index in [4.69, 9.17) is 0 Å². The van der Waals surface area contributed by atoms with E-state index in [1.807, 2.05) is 37.3 Å². The second-order valence-electron chi connectivity index (χ2n) is 5.69. The first-order valence-electron chi connectivity index (χ1n) is 7.12. The summed E-state index contributed by atoms with van der Waals surface area (Å²) in [6.45, 7) is 5.22. The molecule has 0 spiro atoms. The zero-order valence-electron chi connectivity index (χ0n) is 13.0. The van der Waals surface area contributed by atoms with E-state index in [1.54, 1.807) is 25.2 Å². The second kappa shape index (κ2) is 5.94. The normalized spacial score (nSPS) is 11.8. The molecule has 3 aromatic rings. The van der Waals surface area contributed by atoms with Gasteiger partial charge >= 0.3 is 5.97 Å². The lowest BCUT2D eigenvalue weighted by atomic mass is 10.1. The molecule has 0 saturated heterocycles. The third-order valence-electron chi connectivity index (χ3n) is 3.46. The predicted molar refractivity (Wildman–Crippen MR) is 95.2 cm³/mol. The number of benzene rings is 1. The summed E-state index contributed by atoms with van der Waals surface area (Å²) in [7, 11) is 0. The molecule has 118 valence electrons. The molecule has 2 aromatic heterocycles. The fourth-order valence-corrected chi connectivity index (χ4v) is 4.32. The Balaban J connectivity index is 2.21. The number of hydrogen-bond donors (Lipinski definition) is 1. The molecule has 1 aromatic carbocycles. The van der Waals surface area contributed by atoms with Crippen molar-refractivity contribution in [2.45, 2.75) is 30.5 Å². The van der Waals surface area contributed by atoms with Crippen molar-refractivity contribution in [3.63, 3.8) is 0 Å². The maximum Gasteiger partial charge on any atom is 0.319 e. The van der Waals surface area contributed by atoms with Crippen LogP contribution in [-0.2, 0) is 4.79 Å². The summed E-state index contributed by atoms with van der Waals surface area (Å²) < 4.78 is -0.955. The van der Waals surface area contributed by atoms with Crippen molar-refractivity contribution in [3.05, 3.63) is 41.5 Å². The van der Waals surface area contributed by atoms with Crippen molar-refractivity contribution < 1.29 is 9.90 Å². The Labute approximate surface area is 142 Å². The molecule has 2 heterocycles. The second-order valence-corrected chi connectivity index (χ2v) is 8.16. The van der Waals surface area contributed by atoms with Crippen LogP contribution in [0.2, 0.25) is 0 Å². The molecule has 6 heteroatoms. The van der Waals surface area contributed by atoms with Crippen LogP contribution in [0, 0.1) is 6.92 Å². The van der Waals surface area contributed by atoms with Gasteiger partial charge in [0.05, 0.1) is 5.39 Å². The highest BCUT2D eigenvalue weighted by Crippen LogP contribution is 2.42. The van der Waals surface area contributed by atoms with Crippen LogP contribution in [0.25, 0.3) is 21.3 Å². The largest absolute Gasteiger partial charge is 0.480 e. The van der Waals surface area contributed by atoms with E-state index in [0.717, 1.165) is 26.4 Å². The summed E-state index contributed by atoms with van der Waals surface area (Å²) in [5, 5.41) is 13.1. The van der Waals surface area contributed by atoms with Crippen molar-refractivity contribution in [3.8, 4) is 11.1 Å². The van der Waals surface area contributed by atoms with Gasteiger partial charge in [0.2, 0.25) is 0 Å². The molecule has 0 unspecified atom stereocenters. The maximum absolute atomic E-state index is 11.5. The highest BCUT2D eigenvalue weighted by atomic mass is 32.2. The molecule has 0 saturated carbocycles. The Morgan fingerprint density at radius 1 is 1.22 bits per heavy atom. The van der Waals surface area contributed by atoms with Crippen LogP contribution in [0.4, 0.5) is 0 Å². The number of carboxylic acid groups (broad SMARTS) is 1. The molecule has 23 heavy (non-hydrogen) atoms. The fraction of sp³-hybridized carbons (Fsp3) is 0.235. The van der Waals surface area contributed by atoms with Gasteiger partial charge in [0.1, 0.15) is 20.4 Å². The molecule has 0 radical (unpaired) electrons. The Bertz CT molecular complexity index is 873. The van der Waals surface area contributed by atoms with Crippen molar-refractivity contribution >= 4 is 39.3 Å². The van der Waals surface area contributed by atoms with Gasteiger partial charge in [-0.1, -0.05) is 42.1 Å². The monoisotopic (exact) mass is 344 g/mol. The van der Waals surface area contributed by atoms with Crippen LogP contribution in [0.1, 0.15) is 19.7 Å². The fourth-order valence-electron chi connectivity index (χ4n) is 2.20. The standard InChI is InChI=1S/C17H16N2O2S2/c1-10-18-14-13(15(19-10)23-17(2,3)16(20)21)12(9-22-14)11-7-5-4-6-8-11/h4-9H,1-3H3,(H,20,21). The van der Waals surface area contributed by atoms with E-state index in [2.05, 4.69) is 15.3 Å². The molecule has 0 bridgehead atoms. The third kappa shape index (κ3) is 3.09. The average molecular weight is 344 g/mol. The first kappa shape index (κ1) is 16.0. The number of carboxylic acids is 1. The molecule has 0 aliphatic rings. The van der Waals surface area contributed by atoms with Gasteiger partial charge in [0.15, 0.2) is 0 Å².